The molecule has 4 nitrogen and oxygen atoms in total. The Morgan fingerprint density at radius 2 is 2.21 bits per heavy atom. The van der Waals surface area contributed by atoms with Crippen molar-refractivity contribution in [2.24, 2.45) is 17.1 Å². The second kappa shape index (κ2) is 5.41. The third kappa shape index (κ3) is 3.62. The summed E-state index contributed by atoms with van der Waals surface area (Å²) in [5.41, 5.74) is 6.65. The van der Waals surface area contributed by atoms with E-state index in [9.17, 15) is 0 Å². The van der Waals surface area contributed by atoms with E-state index >= 15 is 0 Å². The van der Waals surface area contributed by atoms with Crippen LogP contribution in [0.4, 0.5) is 0 Å². The Morgan fingerprint density at radius 1 is 1.47 bits per heavy atom. The summed E-state index contributed by atoms with van der Waals surface area (Å²) in [5.74, 6) is 1.11. The lowest BCUT2D eigenvalue weighted by atomic mass is 9.71. The van der Waals surface area contributed by atoms with Gasteiger partial charge in [-0.1, -0.05) is 33.0 Å². The van der Waals surface area contributed by atoms with Gasteiger partial charge in [0.15, 0.2) is 0 Å². The lowest BCUT2D eigenvalue weighted by molar-refractivity contribution is 0.0525. The highest BCUT2D eigenvalue weighted by molar-refractivity contribution is 7.80. The van der Waals surface area contributed by atoms with Crippen LogP contribution in [0.15, 0.2) is 12.3 Å². The third-order valence-electron chi connectivity index (χ3n) is 3.58. The van der Waals surface area contributed by atoms with Crippen LogP contribution in [0.5, 0.6) is 5.88 Å². The first kappa shape index (κ1) is 14.2. The molecule has 2 N–H and O–H groups in total. The average Bonchev–Trinajstić information content (AvgIpc) is 2.26. The molecule has 0 aromatic carbocycles. The lowest BCUT2D eigenvalue weighted by Crippen LogP contribution is -2.35. The van der Waals surface area contributed by atoms with Crippen LogP contribution in [-0.2, 0) is 0 Å². The van der Waals surface area contributed by atoms with Crippen LogP contribution < -0.4 is 10.5 Å². The number of aromatic nitrogens is 2. The quantitative estimate of drug-likeness (QED) is 0.862. The van der Waals surface area contributed by atoms with Crippen molar-refractivity contribution in [3.05, 3.63) is 17.8 Å². The van der Waals surface area contributed by atoms with Gasteiger partial charge in [-0.2, -0.15) is 5.10 Å². The van der Waals surface area contributed by atoms with Crippen LogP contribution in [-0.4, -0.2) is 21.3 Å². The maximum absolute atomic E-state index is 6.01. The Kier molecular flexibility index (Phi) is 4.04. The number of nitrogens with zero attached hydrogens (tertiary/aromatic N) is 2. The van der Waals surface area contributed by atoms with E-state index in [-0.39, 0.29) is 6.10 Å². The minimum Gasteiger partial charge on any atom is -0.473 e. The second-order valence-corrected chi connectivity index (χ2v) is 6.71. The summed E-state index contributed by atoms with van der Waals surface area (Å²) in [5, 5.41) is 7.89. The molecule has 0 saturated heterocycles. The monoisotopic (exact) mass is 279 g/mol. The fourth-order valence-electron chi connectivity index (χ4n) is 3.10. The molecular weight excluding hydrogens is 258 g/mol. The third-order valence-corrected chi connectivity index (χ3v) is 3.80. The maximum atomic E-state index is 6.01. The van der Waals surface area contributed by atoms with E-state index in [0.29, 0.717) is 27.8 Å². The van der Waals surface area contributed by atoms with Crippen molar-refractivity contribution in [3.8, 4) is 5.88 Å². The van der Waals surface area contributed by atoms with Gasteiger partial charge in [-0.3, -0.25) is 0 Å². The number of thiocarbonyl (C=S) groups is 1. The van der Waals surface area contributed by atoms with Crippen LogP contribution in [0.2, 0.25) is 0 Å². The summed E-state index contributed by atoms with van der Waals surface area (Å²) < 4.78 is 6.01. The summed E-state index contributed by atoms with van der Waals surface area (Å²) in [4.78, 5) is 0.299. The summed E-state index contributed by atoms with van der Waals surface area (Å²) >= 11 is 5.02. The first-order valence-corrected chi connectivity index (χ1v) is 7.06. The molecule has 5 heteroatoms. The van der Waals surface area contributed by atoms with Crippen molar-refractivity contribution in [1.82, 2.24) is 10.2 Å². The maximum Gasteiger partial charge on any atom is 0.244 e. The van der Waals surface area contributed by atoms with Gasteiger partial charge in [0.25, 0.3) is 0 Å². The minimum absolute atomic E-state index is 0.156. The van der Waals surface area contributed by atoms with Crippen LogP contribution in [0.1, 0.15) is 45.6 Å². The van der Waals surface area contributed by atoms with Crippen LogP contribution in [0, 0.1) is 11.3 Å². The second-order valence-electron chi connectivity index (χ2n) is 6.27. The summed E-state index contributed by atoms with van der Waals surface area (Å²) in [6.45, 7) is 6.83. The molecular formula is C14H21N3OS. The molecule has 2 unspecified atom stereocenters. The van der Waals surface area contributed by atoms with E-state index < -0.39 is 0 Å². The van der Waals surface area contributed by atoms with E-state index in [0.717, 1.165) is 12.8 Å². The van der Waals surface area contributed by atoms with Crippen molar-refractivity contribution < 1.29 is 4.74 Å². The molecule has 104 valence electrons. The van der Waals surface area contributed by atoms with Gasteiger partial charge >= 0.3 is 0 Å². The summed E-state index contributed by atoms with van der Waals surface area (Å²) in [7, 11) is 0. The zero-order valence-corrected chi connectivity index (χ0v) is 12.5. The van der Waals surface area contributed by atoms with Gasteiger partial charge in [0.1, 0.15) is 11.1 Å². The zero-order chi connectivity index (χ0) is 14.0. The molecule has 1 saturated carbocycles. The molecule has 0 spiro atoms. The van der Waals surface area contributed by atoms with E-state index in [1.807, 2.05) is 0 Å². The number of hydrogen-bond acceptors (Lipinski definition) is 4. The van der Waals surface area contributed by atoms with Gasteiger partial charge in [-0.25, -0.2) is 0 Å². The highest BCUT2D eigenvalue weighted by Gasteiger charge is 2.33. The van der Waals surface area contributed by atoms with E-state index in [2.05, 4.69) is 31.0 Å². The van der Waals surface area contributed by atoms with Gasteiger partial charge in [0, 0.05) is 0 Å². The van der Waals surface area contributed by atoms with E-state index in [1.165, 1.54) is 6.42 Å². The molecule has 1 aromatic heterocycles. The Bertz CT molecular complexity index is 476. The van der Waals surface area contributed by atoms with Crippen LogP contribution in [0.3, 0.4) is 0 Å². The molecule has 19 heavy (non-hydrogen) atoms. The van der Waals surface area contributed by atoms with E-state index in [4.69, 9.17) is 22.7 Å². The molecule has 0 amide bonds. The van der Waals surface area contributed by atoms with Crippen molar-refractivity contribution >= 4 is 17.2 Å². The molecule has 0 aliphatic heterocycles. The summed E-state index contributed by atoms with van der Waals surface area (Å²) in [6, 6.07) is 1.75. The molecule has 0 bridgehead atoms. The molecule has 2 rings (SSSR count). The Morgan fingerprint density at radius 3 is 2.84 bits per heavy atom. The average molecular weight is 279 g/mol. The number of hydrogen-bond donors (Lipinski definition) is 1. The van der Waals surface area contributed by atoms with Gasteiger partial charge in [0.2, 0.25) is 5.88 Å². The molecule has 0 radical (unpaired) electrons. The highest BCUT2D eigenvalue weighted by Crippen LogP contribution is 2.39. The van der Waals surface area contributed by atoms with E-state index in [1.54, 1.807) is 12.3 Å². The fourth-order valence-corrected chi connectivity index (χ4v) is 3.25. The Labute approximate surface area is 119 Å². The molecule has 1 aromatic rings. The lowest BCUT2D eigenvalue weighted by Gasteiger charge is -2.38. The smallest absolute Gasteiger partial charge is 0.244 e. The Balaban J connectivity index is 2.15. The van der Waals surface area contributed by atoms with Crippen molar-refractivity contribution in [2.75, 3.05) is 0 Å². The van der Waals surface area contributed by atoms with Crippen LogP contribution in [0.25, 0.3) is 0 Å². The zero-order valence-electron chi connectivity index (χ0n) is 11.7. The highest BCUT2D eigenvalue weighted by atomic mass is 32.1. The fraction of sp³-hybridized carbons (Fsp3) is 0.643. The number of nitrogens with two attached hydrogens (primary N) is 1. The number of ether oxygens (including phenoxy) is 1. The summed E-state index contributed by atoms with van der Waals surface area (Å²) in [6.07, 6.45) is 5.02. The molecule has 1 aliphatic carbocycles. The van der Waals surface area contributed by atoms with Gasteiger partial charge < -0.3 is 10.5 Å². The predicted octanol–water partition coefficient (Wildman–Crippen LogP) is 2.70. The standard InChI is InChI=1S/C14H21N3OS/c1-9-6-10(8-14(2,3)7-9)18-13-11(12(15)19)4-5-16-17-13/h4-5,9-10H,6-8H2,1-3H3,(H2,15,19). The van der Waals surface area contributed by atoms with Gasteiger partial charge in [-0.15, -0.1) is 5.10 Å². The first-order chi connectivity index (χ1) is 8.87. The van der Waals surface area contributed by atoms with Gasteiger partial charge in [0.05, 0.1) is 11.8 Å². The minimum atomic E-state index is 0.156. The topological polar surface area (TPSA) is 61.0 Å². The number of rotatable bonds is 3. The first-order valence-electron chi connectivity index (χ1n) is 6.65. The van der Waals surface area contributed by atoms with Crippen molar-refractivity contribution in [3.63, 3.8) is 0 Å². The SMILES string of the molecule is CC1CC(Oc2nnccc2C(N)=S)CC(C)(C)C1. The molecule has 1 aliphatic rings. The molecule has 2 atom stereocenters. The van der Waals surface area contributed by atoms with Crippen LogP contribution >= 0.6 is 12.2 Å². The van der Waals surface area contributed by atoms with Crippen molar-refractivity contribution in [2.45, 2.75) is 46.1 Å². The molecule has 1 heterocycles. The predicted molar refractivity (Wildman–Crippen MR) is 79.1 cm³/mol. The Hall–Kier alpha value is -1.23. The van der Waals surface area contributed by atoms with Gasteiger partial charge in [-0.05, 0) is 36.7 Å². The largest absolute Gasteiger partial charge is 0.473 e. The molecule has 1 fully saturated rings. The normalized spacial score (nSPS) is 25.8. The van der Waals surface area contributed by atoms with Crippen molar-refractivity contribution in [1.29, 1.82) is 0 Å².